The molecule has 0 fully saturated rings. The summed E-state index contributed by atoms with van der Waals surface area (Å²) in [6, 6.07) is 17.3. The largest absolute Gasteiger partial charge is 0.497 e. The van der Waals surface area contributed by atoms with E-state index in [9.17, 15) is 9.59 Å². The molecule has 1 heterocycles. The van der Waals surface area contributed by atoms with Crippen molar-refractivity contribution in [3.63, 3.8) is 0 Å². The first-order valence-electron chi connectivity index (χ1n) is 9.76. The molecule has 172 valence electrons. The van der Waals surface area contributed by atoms with Crippen molar-refractivity contribution in [1.29, 1.82) is 0 Å². The first-order chi connectivity index (χ1) is 15.8. The summed E-state index contributed by atoms with van der Waals surface area (Å²) < 4.78 is 5.15. The highest BCUT2D eigenvalue weighted by molar-refractivity contribution is 6.36. The maximum Gasteiger partial charge on any atom is 0.333 e. The Morgan fingerprint density at radius 2 is 1.70 bits per heavy atom. The molecule has 0 spiro atoms. The fraction of sp³-hybridized carbons (Fsp3) is 0.130. The molecule has 0 bridgehead atoms. The van der Waals surface area contributed by atoms with E-state index in [1.54, 1.807) is 31.4 Å². The number of Topliss-reactive ketones (excluding diaryl/α,β-unsaturated/α-hetero) is 1. The van der Waals surface area contributed by atoms with E-state index >= 15 is 0 Å². The number of methoxy groups -OCH3 is 1. The summed E-state index contributed by atoms with van der Waals surface area (Å²) in [6.07, 6.45) is 0.430. The zero-order valence-corrected chi connectivity index (χ0v) is 19.8. The number of halogens is 3. The van der Waals surface area contributed by atoms with Crippen LogP contribution in [0.2, 0.25) is 15.1 Å². The van der Waals surface area contributed by atoms with Gasteiger partial charge >= 0.3 is 6.03 Å². The van der Waals surface area contributed by atoms with Crippen LogP contribution in [0, 0.1) is 0 Å². The van der Waals surface area contributed by atoms with Gasteiger partial charge in [-0.2, -0.15) is 0 Å². The summed E-state index contributed by atoms with van der Waals surface area (Å²) in [7, 11) is 1.64. The highest BCUT2D eigenvalue weighted by Gasteiger charge is 2.25. The van der Waals surface area contributed by atoms with Gasteiger partial charge in [0.1, 0.15) is 5.75 Å². The molecule has 1 aliphatic rings. The minimum absolute atomic E-state index is 0.0120. The lowest BCUT2D eigenvalue weighted by Gasteiger charge is -2.26. The Bertz CT molecular complexity index is 1160. The van der Waals surface area contributed by atoms with Crippen molar-refractivity contribution in [2.45, 2.75) is 12.5 Å². The van der Waals surface area contributed by atoms with Crippen LogP contribution in [0.1, 0.15) is 28.4 Å². The molecule has 0 aromatic heterocycles. The minimum atomic E-state index is -0.538. The molecule has 0 radical (unpaired) electrons. The van der Waals surface area contributed by atoms with Gasteiger partial charge in [0.15, 0.2) is 5.78 Å². The van der Waals surface area contributed by atoms with Crippen LogP contribution < -0.4 is 26.6 Å². The second kappa shape index (κ2) is 11.2. The third kappa shape index (κ3) is 6.52. The molecule has 0 aliphatic carbocycles. The monoisotopic (exact) mass is 506 g/mol. The van der Waals surface area contributed by atoms with Gasteiger partial charge in [0.2, 0.25) is 0 Å². The number of anilines is 2. The average molecular weight is 508 g/mol. The number of nitrogens with two attached hydrogens (primary N) is 1. The number of fused-ring (bicyclic) bond motifs is 1. The summed E-state index contributed by atoms with van der Waals surface area (Å²) in [5, 5.41) is 7.26. The maximum atomic E-state index is 12.2. The Labute approximate surface area is 206 Å². The van der Waals surface area contributed by atoms with Crippen molar-refractivity contribution < 1.29 is 14.3 Å². The number of carbonyl (C=O) groups is 2. The second-order valence-corrected chi connectivity index (χ2v) is 8.29. The van der Waals surface area contributed by atoms with Crippen molar-refractivity contribution >= 4 is 58.0 Å². The smallest absolute Gasteiger partial charge is 0.333 e. The predicted octanol–water partition coefficient (Wildman–Crippen LogP) is 6.08. The van der Waals surface area contributed by atoms with Gasteiger partial charge in [-0.05, 0) is 54.1 Å². The Morgan fingerprint density at radius 1 is 1.03 bits per heavy atom. The number of hydrogen-bond acceptors (Lipinski definition) is 5. The molecule has 0 saturated carbocycles. The lowest BCUT2D eigenvalue weighted by atomic mass is 9.92. The quantitative estimate of drug-likeness (QED) is 0.195. The number of carbonyl (C=O) groups excluding carboxylic acids is 2. The van der Waals surface area contributed by atoms with Crippen LogP contribution in [0.4, 0.5) is 16.2 Å². The van der Waals surface area contributed by atoms with Crippen molar-refractivity contribution in [2.75, 3.05) is 17.7 Å². The average Bonchev–Trinajstić information content (AvgIpc) is 2.81. The number of ether oxygens (including phenoxy) is 1. The number of rotatable bonds is 3. The predicted molar refractivity (Wildman–Crippen MR) is 133 cm³/mol. The standard InChI is InChI=1S/C16H14ClNO2.C7H7Cl2N3O/c1-20-12-5-2-10(3-6-12)15-9-16(19)13-8-11(17)4-7-14(13)18-15;8-4-1-2-6(5(9)3-4)11-7(13)12-10/h2-8,15,18H,9H2,1H3;1-3H,10H2,(H2,11,12,13). The SMILES string of the molecule is COc1ccc(C2CC(=O)c3cc(Cl)ccc3N2)cc1.NNC(=O)Nc1ccc(Cl)cc1Cl. The van der Waals surface area contributed by atoms with Crippen molar-refractivity contribution in [1.82, 2.24) is 5.43 Å². The molecule has 1 aliphatic heterocycles. The molecular formula is C23H21Cl3N4O3. The lowest BCUT2D eigenvalue weighted by Crippen LogP contribution is -2.34. The van der Waals surface area contributed by atoms with Gasteiger partial charge in [0, 0.05) is 27.7 Å². The number of nitrogens with one attached hydrogen (secondary N) is 3. The highest BCUT2D eigenvalue weighted by atomic mass is 35.5. The Balaban J connectivity index is 0.000000205. The Morgan fingerprint density at radius 3 is 2.33 bits per heavy atom. The topological polar surface area (TPSA) is 105 Å². The second-order valence-electron chi connectivity index (χ2n) is 7.01. The molecule has 2 amide bonds. The zero-order valence-electron chi connectivity index (χ0n) is 17.5. The molecule has 1 atom stereocenters. The summed E-state index contributed by atoms with van der Waals surface area (Å²) >= 11 is 17.3. The van der Waals surface area contributed by atoms with E-state index < -0.39 is 6.03 Å². The summed E-state index contributed by atoms with van der Waals surface area (Å²) in [5.74, 6) is 5.79. The van der Waals surface area contributed by atoms with Crippen molar-refractivity contribution in [2.24, 2.45) is 5.84 Å². The molecule has 33 heavy (non-hydrogen) atoms. The van der Waals surface area contributed by atoms with E-state index in [0.29, 0.717) is 32.7 Å². The van der Waals surface area contributed by atoms with E-state index in [4.69, 9.17) is 45.4 Å². The number of ketones is 1. The number of hydrogen-bond donors (Lipinski definition) is 4. The van der Waals surface area contributed by atoms with Crippen LogP contribution in [0.3, 0.4) is 0 Å². The third-order valence-corrected chi connectivity index (χ3v) is 5.61. The molecule has 0 saturated heterocycles. The summed E-state index contributed by atoms with van der Waals surface area (Å²) in [5.41, 5.74) is 4.94. The van der Waals surface area contributed by atoms with Gasteiger partial charge in [-0.1, -0.05) is 46.9 Å². The fourth-order valence-corrected chi connectivity index (χ4v) is 3.82. The molecule has 3 aromatic carbocycles. The van der Waals surface area contributed by atoms with Crippen LogP contribution in [-0.4, -0.2) is 18.9 Å². The zero-order chi connectivity index (χ0) is 24.0. The molecule has 1 unspecified atom stereocenters. The lowest BCUT2D eigenvalue weighted by molar-refractivity contribution is 0.0972. The molecule has 3 aromatic rings. The van der Waals surface area contributed by atoms with E-state index in [-0.39, 0.29) is 11.8 Å². The first kappa shape index (κ1) is 24.7. The maximum absolute atomic E-state index is 12.2. The van der Waals surface area contributed by atoms with E-state index in [1.165, 1.54) is 6.07 Å². The summed E-state index contributed by atoms with van der Waals surface area (Å²) in [4.78, 5) is 23.0. The minimum Gasteiger partial charge on any atom is -0.497 e. The number of hydrazine groups is 1. The summed E-state index contributed by atoms with van der Waals surface area (Å²) in [6.45, 7) is 0. The number of amides is 2. The molecule has 10 heteroatoms. The van der Waals surface area contributed by atoms with Gasteiger partial charge in [-0.25, -0.2) is 10.6 Å². The van der Waals surface area contributed by atoms with Gasteiger partial charge in [0.05, 0.1) is 23.9 Å². The Hall–Kier alpha value is -2.97. The molecule has 4 rings (SSSR count). The third-order valence-electron chi connectivity index (χ3n) is 4.83. The highest BCUT2D eigenvalue weighted by Crippen LogP contribution is 2.34. The Kier molecular flexibility index (Phi) is 8.41. The van der Waals surface area contributed by atoms with Gasteiger partial charge < -0.3 is 15.4 Å². The molecular weight excluding hydrogens is 487 g/mol. The van der Waals surface area contributed by atoms with Crippen LogP contribution >= 0.6 is 34.8 Å². The van der Waals surface area contributed by atoms with Crippen LogP contribution in [-0.2, 0) is 0 Å². The van der Waals surface area contributed by atoms with Crippen LogP contribution in [0.15, 0.2) is 60.7 Å². The van der Waals surface area contributed by atoms with Gasteiger partial charge in [0.25, 0.3) is 0 Å². The van der Waals surface area contributed by atoms with Crippen molar-refractivity contribution in [3.05, 3.63) is 86.9 Å². The van der Waals surface area contributed by atoms with Gasteiger partial charge in [-0.15, -0.1) is 0 Å². The van der Waals surface area contributed by atoms with Crippen LogP contribution in [0.25, 0.3) is 0 Å². The molecule has 5 N–H and O–H groups in total. The van der Waals surface area contributed by atoms with Crippen LogP contribution in [0.5, 0.6) is 5.75 Å². The number of benzene rings is 3. The van der Waals surface area contributed by atoms with E-state index in [0.717, 1.165) is 17.0 Å². The molecule has 7 nitrogen and oxygen atoms in total. The van der Waals surface area contributed by atoms with E-state index in [1.807, 2.05) is 35.8 Å². The fourth-order valence-electron chi connectivity index (χ4n) is 3.19. The normalized spacial score (nSPS) is 14.2. The van der Waals surface area contributed by atoms with Gasteiger partial charge in [-0.3, -0.25) is 10.2 Å². The number of urea groups is 1. The van der Waals surface area contributed by atoms with E-state index in [2.05, 4.69) is 10.6 Å². The van der Waals surface area contributed by atoms with Crippen molar-refractivity contribution in [3.8, 4) is 5.75 Å². The first-order valence-corrected chi connectivity index (χ1v) is 10.9.